The van der Waals surface area contributed by atoms with Crippen LogP contribution in [-0.4, -0.2) is 29.6 Å². The highest BCUT2D eigenvalue weighted by Gasteiger charge is 2.32. The molecule has 1 saturated heterocycles. The first-order valence-electron chi connectivity index (χ1n) is 7.26. The second kappa shape index (κ2) is 6.02. The Morgan fingerprint density at radius 2 is 2.11 bits per heavy atom. The van der Waals surface area contributed by atoms with Gasteiger partial charge in [0.25, 0.3) is 0 Å². The van der Waals surface area contributed by atoms with Gasteiger partial charge in [-0.25, -0.2) is 4.39 Å². The third-order valence-corrected chi connectivity index (χ3v) is 4.14. The number of hydrogen-bond acceptors (Lipinski definition) is 2. The van der Waals surface area contributed by atoms with Gasteiger partial charge in [-0.1, -0.05) is 13.0 Å². The van der Waals surface area contributed by atoms with E-state index in [1.807, 2.05) is 6.92 Å². The minimum atomic E-state index is -0.791. The molecular formula is C16H24FNO. The molecule has 106 valence electrons. The zero-order chi connectivity index (χ0) is 13.9. The summed E-state index contributed by atoms with van der Waals surface area (Å²) in [6, 6.07) is 4.72. The van der Waals surface area contributed by atoms with Crippen LogP contribution in [0, 0.1) is 12.7 Å². The Kier molecular flexibility index (Phi) is 4.58. The summed E-state index contributed by atoms with van der Waals surface area (Å²) < 4.78 is 13.2. The molecule has 1 unspecified atom stereocenters. The Balaban J connectivity index is 2.17. The van der Waals surface area contributed by atoms with Crippen LogP contribution < -0.4 is 0 Å². The highest BCUT2D eigenvalue weighted by atomic mass is 19.1. The lowest BCUT2D eigenvalue weighted by atomic mass is 9.84. The average molecular weight is 265 g/mol. The van der Waals surface area contributed by atoms with E-state index >= 15 is 0 Å². The molecule has 19 heavy (non-hydrogen) atoms. The van der Waals surface area contributed by atoms with Crippen LogP contribution in [0.25, 0.3) is 0 Å². The van der Waals surface area contributed by atoms with Crippen molar-refractivity contribution in [1.82, 2.24) is 4.90 Å². The molecule has 2 rings (SSSR count). The van der Waals surface area contributed by atoms with Crippen molar-refractivity contribution >= 4 is 0 Å². The topological polar surface area (TPSA) is 23.5 Å². The monoisotopic (exact) mass is 265 g/mol. The van der Waals surface area contributed by atoms with Crippen molar-refractivity contribution in [3.63, 3.8) is 0 Å². The van der Waals surface area contributed by atoms with E-state index in [0.717, 1.165) is 56.4 Å². The molecule has 0 radical (unpaired) electrons. The number of likely N-dealkylation sites (tertiary alicyclic amines) is 1. The molecule has 2 nitrogen and oxygen atoms in total. The summed E-state index contributed by atoms with van der Waals surface area (Å²) in [7, 11) is 0. The van der Waals surface area contributed by atoms with E-state index in [-0.39, 0.29) is 5.82 Å². The Bertz CT molecular complexity index is 435. The van der Waals surface area contributed by atoms with Crippen molar-refractivity contribution < 1.29 is 9.50 Å². The van der Waals surface area contributed by atoms with E-state index in [1.54, 1.807) is 6.07 Å². The highest BCUT2D eigenvalue weighted by Crippen LogP contribution is 2.34. The third-order valence-electron chi connectivity index (χ3n) is 4.14. The van der Waals surface area contributed by atoms with E-state index in [1.165, 1.54) is 12.1 Å². The molecule has 1 N–H and O–H groups in total. The minimum absolute atomic E-state index is 0.230. The summed E-state index contributed by atoms with van der Waals surface area (Å²) in [5, 5.41) is 10.9. The van der Waals surface area contributed by atoms with Gasteiger partial charge >= 0.3 is 0 Å². The molecule has 1 aromatic rings. The Morgan fingerprint density at radius 1 is 1.32 bits per heavy atom. The number of hydrogen-bond donors (Lipinski definition) is 1. The van der Waals surface area contributed by atoms with Gasteiger partial charge in [0.05, 0.1) is 5.60 Å². The summed E-state index contributed by atoms with van der Waals surface area (Å²) in [5.41, 5.74) is 0.957. The van der Waals surface area contributed by atoms with E-state index in [4.69, 9.17) is 0 Å². The SMILES string of the molecule is CCCN1CCCC(O)(c2ccc(F)cc2C)CC1. The lowest BCUT2D eigenvalue weighted by Crippen LogP contribution is -2.30. The van der Waals surface area contributed by atoms with Crippen molar-refractivity contribution in [2.24, 2.45) is 0 Å². The predicted molar refractivity (Wildman–Crippen MR) is 75.6 cm³/mol. The maximum absolute atomic E-state index is 13.2. The van der Waals surface area contributed by atoms with E-state index in [2.05, 4.69) is 11.8 Å². The number of halogens is 1. The molecule has 0 bridgehead atoms. The van der Waals surface area contributed by atoms with Crippen LogP contribution in [0.15, 0.2) is 18.2 Å². The van der Waals surface area contributed by atoms with Crippen LogP contribution in [0.3, 0.4) is 0 Å². The average Bonchev–Trinajstić information content (AvgIpc) is 2.53. The molecule has 0 saturated carbocycles. The van der Waals surface area contributed by atoms with Crippen LogP contribution in [-0.2, 0) is 5.60 Å². The first-order valence-corrected chi connectivity index (χ1v) is 7.26. The molecule has 1 aliphatic heterocycles. The van der Waals surface area contributed by atoms with Crippen molar-refractivity contribution in [2.75, 3.05) is 19.6 Å². The Labute approximate surface area is 115 Å². The Morgan fingerprint density at radius 3 is 2.79 bits per heavy atom. The van der Waals surface area contributed by atoms with Gasteiger partial charge in [0.1, 0.15) is 5.82 Å². The third kappa shape index (κ3) is 3.34. The maximum atomic E-state index is 13.2. The number of nitrogens with zero attached hydrogens (tertiary/aromatic N) is 1. The van der Waals surface area contributed by atoms with Gasteiger partial charge < -0.3 is 10.0 Å². The molecule has 1 aliphatic rings. The molecule has 1 heterocycles. The van der Waals surface area contributed by atoms with E-state index in [9.17, 15) is 9.50 Å². The molecule has 1 atom stereocenters. The van der Waals surface area contributed by atoms with Crippen LogP contribution in [0.4, 0.5) is 4.39 Å². The van der Waals surface area contributed by atoms with Crippen LogP contribution in [0.2, 0.25) is 0 Å². The smallest absolute Gasteiger partial charge is 0.123 e. The molecule has 1 aromatic carbocycles. The summed E-state index contributed by atoms with van der Waals surface area (Å²) in [6.45, 7) is 7.13. The second-order valence-electron chi connectivity index (χ2n) is 5.69. The van der Waals surface area contributed by atoms with Gasteiger partial charge in [-0.3, -0.25) is 0 Å². The molecule has 0 aliphatic carbocycles. The summed E-state index contributed by atoms with van der Waals surface area (Å²) in [6.07, 6.45) is 3.64. The summed E-state index contributed by atoms with van der Waals surface area (Å²) in [5.74, 6) is -0.230. The van der Waals surface area contributed by atoms with Crippen molar-refractivity contribution in [1.29, 1.82) is 0 Å². The quantitative estimate of drug-likeness (QED) is 0.907. The molecule has 0 aromatic heterocycles. The first-order chi connectivity index (χ1) is 9.05. The normalized spacial score (nSPS) is 25.3. The van der Waals surface area contributed by atoms with Gasteiger partial charge in [-0.2, -0.15) is 0 Å². The van der Waals surface area contributed by atoms with Gasteiger partial charge in [0.2, 0.25) is 0 Å². The fourth-order valence-corrected chi connectivity index (χ4v) is 3.13. The Hall–Kier alpha value is -0.930. The summed E-state index contributed by atoms with van der Waals surface area (Å²) >= 11 is 0. The molecule has 0 amide bonds. The fourth-order valence-electron chi connectivity index (χ4n) is 3.13. The van der Waals surface area contributed by atoms with E-state index < -0.39 is 5.60 Å². The second-order valence-corrected chi connectivity index (χ2v) is 5.69. The molecule has 0 spiro atoms. The lowest BCUT2D eigenvalue weighted by molar-refractivity contribution is 0.0206. The van der Waals surface area contributed by atoms with Crippen LogP contribution in [0.5, 0.6) is 0 Å². The molecule has 3 heteroatoms. The number of rotatable bonds is 3. The van der Waals surface area contributed by atoms with Gasteiger partial charge in [0.15, 0.2) is 0 Å². The van der Waals surface area contributed by atoms with Crippen LogP contribution in [0.1, 0.15) is 43.7 Å². The van der Waals surface area contributed by atoms with Gasteiger partial charge in [-0.05, 0) is 69.0 Å². The highest BCUT2D eigenvalue weighted by molar-refractivity contribution is 5.32. The van der Waals surface area contributed by atoms with Crippen molar-refractivity contribution in [3.8, 4) is 0 Å². The van der Waals surface area contributed by atoms with Crippen molar-refractivity contribution in [3.05, 3.63) is 35.1 Å². The van der Waals surface area contributed by atoms with Gasteiger partial charge in [0, 0.05) is 6.54 Å². The minimum Gasteiger partial charge on any atom is -0.385 e. The number of benzene rings is 1. The largest absolute Gasteiger partial charge is 0.385 e. The fraction of sp³-hybridized carbons (Fsp3) is 0.625. The van der Waals surface area contributed by atoms with Gasteiger partial charge in [-0.15, -0.1) is 0 Å². The van der Waals surface area contributed by atoms with E-state index in [0.29, 0.717) is 0 Å². The zero-order valence-corrected chi connectivity index (χ0v) is 12.0. The molecule has 1 fully saturated rings. The number of aliphatic hydroxyl groups is 1. The lowest BCUT2D eigenvalue weighted by Gasteiger charge is -2.29. The summed E-state index contributed by atoms with van der Waals surface area (Å²) in [4.78, 5) is 2.41. The van der Waals surface area contributed by atoms with Crippen molar-refractivity contribution in [2.45, 2.75) is 45.1 Å². The predicted octanol–water partition coefficient (Wildman–Crippen LogP) is 3.22. The standard InChI is InChI=1S/C16H24FNO/c1-3-9-18-10-4-7-16(19,8-11-18)15-6-5-14(17)12-13(15)2/h5-6,12,19H,3-4,7-11H2,1-2H3. The molecular weight excluding hydrogens is 241 g/mol. The number of aryl methyl sites for hydroxylation is 1. The maximum Gasteiger partial charge on any atom is 0.123 e. The zero-order valence-electron chi connectivity index (χ0n) is 12.0. The van der Waals surface area contributed by atoms with Crippen LogP contribution >= 0.6 is 0 Å². The first kappa shape index (κ1) is 14.5.